The zero-order chi connectivity index (χ0) is 14.9. The van der Waals surface area contributed by atoms with Crippen LogP contribution in [0.4, 0.5) is 9.80 Å². The molecule has 1 fully saturated rings. The van der Waals surface area contributed by atoms with Crippen LogP contribution >= 0.6 is 11.3 Å². The Morgan fingerprint density at radius 1 is 1.45 bits per heavy atom. The first kappa shape index (κ1) is 14.3. The van der Waals surface area contributed by atoms with Crippen molar-refractivity contribution in [3.05, 3.63) is 17.0 Å². The van der Waals surface area contributed by atoms with Crippen LogP contribution in [0.5, 0.6) is 0 Å². The van der Waals surface area contributed by atoms with Crippen molar-refractivity contribution in [1.82, 2.24) is 4.90 Å². The van der Waals surface area contributed by atoms with Crippen molar-refractivity contribution in [3.8, 4) is 0 Å². The normalized spacial score (nSPS) is 21.8. The van der Waals surface area contributed by atoms with E-state index in [1.165, 1.54) is 11.4 Å². The number of aromatic carboxylic acids is 1. The van der Waals surface area contributed by atoms with Gasteiger partial charge in [-0.25, -0.2) is 9.59 Å². The molecule has 2 unspecified atom stereocenters. The number of nitrogens with zero attached hydrogens (tertiary/aromatic N) is 1. The molecule has 0 bridgehead atoms. The molecule has 2 heterocycles. The van der Waals surface area contributed by atoms with E-state index in [0.29, 0.717) is 0 Å². The molecule has 1 saturated heterocycles. The van der Waals surface area contributed by atoms with Gasteiger partial charge in [0.15, 0.2) is 0 Å². The highest BCUT2D eigenvalue weighted by molar-refractivity contribution is 7.14. The molecule has 0 aliphatic carbocycles. The summed E-state index contributed by atoms with van der Waals surface area (Å²) in [6.45, 7) is -0.0206. The summed E-state index contributed by atoms with van der Waals surface area (Å²) in [5.41, 5.74) is 5.15. The maximum absolute atomic E-state index is 12.1. The van der Waals surface area contributed by atoms with Crippen LogP contribution in [0.25, 0.3) is 0 Å². The molecule has 108 valence electrons. The molecule has 2 atom stereocenters. The Bertz CT molecular complexity index is 558. The molecular weight excluding hydrogens is 286 g/mol. The largest absolute Gasteiger partial charge is 0.478 e. The number of carboxylic acid groups (broad SMARTS) is 1. The second kappa shape index (κ2) is 5.47. The van der Waals surface area contributed by atoms with E-state index in [0.717, 1.165) is 16.2 Å². The molecule has 1 aliphatic rings. The van der Waals surface area contributed by atoms with Crippen molar-refractivity contribution < 1.29 is 24.6 Å². The Hall–Kier alpha value is -2.13. The predicted molar refractivity (Wildman–Crippen MR) is 70.6 cm³/mol. The molecule has 2 rings (SSSR count). The molecule has 0 radical (unpaired) electrons. The van der Waals surface area contributed by atoms with Gasteiger partial charge in [-0.1, -0.05) is 0 Å². The number of nitrogens with one attached hydrogen (secondary N) is 1. The first-order valence-electron chi connectivity index (χ1n) is 5.76. The van der Waals surface area contributed by atoms with Crippen LogP contribution in [0, 0.1) is 0 Å². The van der Waals surface area contributed by atoms with Crippen LogP contribution in [0.15, 0.2) is 11.4 Å². The van der Waals surface area contributed by atoms with Crippen LogP contribution < -0.4 is 11.1 Å². The van der Waals surface area contributed by atoms with Gasteiger partial charge in [-0.2, -0.15) is 0 Å². The van der Waals surface area contributed by atoms with Crippen molar-refractivity contribution in [2.24, 2.45) is 5.73 Å². The first-order chi connectivity index (χ1) is 9.40. The minimum atomic E-state index is -1.16. The van der Waals surface area contributed by atoms with Crippen LogP contribution in [-0.4, -0.2) is 51.7 Å². The van der Waals surface area contributed by atoms with Gasteiger partial charge in [-0.3, -0.25) is 10.1 Å². The third kappa shape index (κ3) is 2.73. The number of thiophene rings is 1. The standard InChI is InChI=1S/C11H13N3O5S/c12-8(16)7-3-5(15)4-14(7)11(19)13-9-6(10(17)18)1-2-20-9/h1-2,5,7,15H,3-4H2,(H2,12,16)(H,13,19)(H,17,18). The lowest BCUT2D eigenvalue weighted by Crippen LogP contribution is -2.45. The van der Waals surface area contributed by atoms with Crippen LogP contribution in [0.1, 0.15) is 16.8 Å². The molecule has 20 heavy (non-hydrogen) atoms. The number of aliphatic hydroxyl groups excluding tert-OH is 1. The third-order valence-corrected chi connectivity index (χ3v) is 3.81. The highest BCUT2D eigenvalue weighted by Gasteiger charge is 2.38. The summed E-state index contributed by atoms with van der Waals surface area (Å²) in [5.74, 6) is -1.87. The van der Waals surface area contributed by atoms with Crippen LogP contribution in [0.2, 0.25) is 0 Å². The Morgan fingerprint density at radius 3 is 2.75 bits per heavy atom. The van der Waals surface area contributed by atoms with Crippen molar-refractivity contribution in [2.75, 3.05) is 11.9 Å². The number of amides is 3. The minimum absolute atomic E-state index is 0.0206. The van der Waals surface area contributed by atoms with E-state index in [9.17, 15) is 19.5 Å². The van der Waals surface area contributed by atoms with Crippen LogP contribution in [-0.2, 0) is 4.79 Å². The number of hydrogen-bond acceptors (Lipinski definition) is 5. The quantitative estimate of drug-likeness (QED) is 0.618. The molecule has 8 nitrogen and oxygen atoms in total. The number of urea groups is 1. The summed E-state index contributed by atoms with van der Waals surface area (Å²) in [6, 6.07) is -0.180. The maximum Gasteiger partial charge on any atom is 0.338 e. The fraction of sp³-hybridized carbons (Fsp3) is 0.364. The number of β-amino-alcohol motifs (C(OH)–C–C–N with tert-alkyl or cyclic N) is 1. The number of anilines is 1. The lowest BCUT2D eigenvalue weighted by Gasteiger charge is -2.21. The molecule has 1 aliphatic heterocycles. The molecule has 3 amide bonds. The van der Waals surface area contributed by atoms with E-state index in [2.05, 4.69) is 5.32 Å². The van der Waals surface area contributed by atoms with Gasteiger partial charge < -0.3 is 20.8 Å². The summed E-state index contributed by atoms with van der Waals surface area (Å²) < 4.78 is 0. The number of aliphatic hydroxyl groups is 1. The van der Waals surface area contributed by atoms with E-state index in [4.69, 9.17) is 10.8 Å². The van der Waals surface area contributed by atoms with Crippen molar-refractivity contribution in [1.29, 1.82) is 0 Å². The minimum Gasteiger partial charge on any atom is -0.478 e. The average Bonchev–Trinajstić information content (AvgIpc) is 2.95. The van der Waals surface area contributed by atoms with Crippen molar-refractivity contribution >= 4 is 34.2 Å². The topological polar surface area (TPSA) is 133 Å². The van der Waals surface area contributed by atoms with E-state index in [1.54, 1.807) is 0 Å². The van der Waals surface area contributed by atoms with Gasteiger partial charge in [-0.05, 0) is 11.4 Å². The molecule has 0 aromatic carbocycles. The molecule has 1 aromatic rings. The number of carbonyl (C=O) groups is 3. The molecular formula is C11H13N3O5S. The molecule has 0 spiro atoms. The number of primary amides is 1. The summed E-state index contributed by atoms with van der Waals surface area (Å²) in [5, 5.41) is 22.6. The molecule has 5 N–H and O–H groups in total. The summed E-state index contributed by atoms with van der Waals surface area (Å²) in [4.78, 5) is 35.3. The highest BCUT2D eigenvalue weighted by Crippen LogP contribution is 2.25. The van der Waals surface area contributed by atoms with Gasteiger partial charge in [0.25, 0.3) is 0 Å². The molecule has 1 aromatic heterocycles. The Labute approximate surface area is 117 Å². The summed E-state index contributed by atoms with van der Waals surface area (Å²) in [7, 11) is 0. The molecule has 0 saturated carbocycles. The van der Waals surface area contributed by atoms with Gasteiger partial charge in [0.1, 0.15) is 11.0 Å². The smallest absolute Gasteiger partial charge is 0.338 e. The lowest BCUT2D eigenvalue weighted by molar-refractivity contribution is -0.121. The fourth-order valence-corrected chi connectivity index (χ4v) is 2.82. The summed E-state index contributed by atoms with van der Waals surface area (Å²) in [6.07, 6.45) is -0.737. The van der Waals surface area contributed by atoms with Gasteiger partial charge in [-0.15, -0.1) is 11.3 Å². The number of carbonyl (C=O) groups excluding carboxylic acids is 2. The van der Waals surface area contributed by atoms with Gasteiger partial charge in [0.2, 0.25) is 5.91 Å². The molecule has 9 heteroatoms. The highest BCUT2D eigenvalue weighted by atomic mass is 32.1. The average molecular weight is 299 g/mol. The monoisotopic (exact) mass is 299 g/mol. The van der Waals surface area contributed by atoms with Crippen molar-refractivity contribution in [3.63, 3.8) is 0 Å². The van der Waals surface area contributed by atoms with E-state index >= 15 is 0 Å². The summed E-state index contributed by atoms with van der Waals surface area (Å²) >= 11 is 1.06. The Balaban J connectivity index is 2.13. The number of rotatable bonds is 3. The maximum atomic E-state index is 12.1. The van der Waals surface area contributed by atoms with Gasteiger partial charge in [0, 0.05) is 13.0 Å². The number of hydrogen-bond donors (Lipinski definition) is 4. The van der Waals surface area contributed by atoms with Gasteiger partial charge >= 0.3 is 12.0 Å². The lowest BCUT2D eigenvalue weighted by atomic mass is 10.2. The van der Waals surface area contributed by atoms with Gasteiger partial charge in [0.05, 0.1) is 11.7 Å². The zero-order valence-corrected chi connectivity index (χ0v) is 11.1. The second-order valence-corrected chi connectivity index (χ2v) is 5.27. The number of nitrogens with two attached hydrogens (primary N) is 1. The third-order valence-electron chi connectivity index (χ3n) is 2.98. The first-order valence-corrected chi connectivity index (χ1v) is 6.64. The van der Waals surface area contributed by atoms with E-state index < -0.39 is 30.1 Å². The second-order valence-electron chi connectivity index (χ2n) is 4.36. The fourth-order valence-electron chi connectivity index (χ4n) is 2.05. The van der Waals surface area contributed by atoms with E-state index in [-0.39, 0.29) is 23.5 Å². The zero-order valence-electron chi connectivity index (χ0n) is 10.3. The predicted octanol–water partition coefficient (Wildman–Crippen LogP) is -0.101. The Morgan fingerprint density at radius 2 is 2.15 bits per heavy atom. The van der Waals surface area contributed by atoms with Crippen molar-refractivity contribution in [2.45, 2.75) is 18.6 Å². The Kier molecular flexibility index (Phi) is 3.91. The number of likely N-dealkylation sites (tertiary alicyclic amines) is 1. The SMILES string of the molecule is NC(=O)C1CC(O)CN1C(=O)Nc1sccc1C(=O)O. The van der Waals surface area contributed by atoms with E-state index in [1.807, 2.05) is 0 Å². The van der Waals surface area contributed by atoms with Crippen LogP contribution in [0.3, 0.4) is 0 Å². The number of carboxylic acids is 1.